The Hall–Kier alpha value is -2.96. The summed E-state index contributed by atoms with van der Waals surface area (Å²) in [6.07, 6.45) is -2.77. The van der Waals surface area contributed by atoms with E-state index in [-0.39, 0.29) is 30.2 Å². The highest BCUT2D eigenvalue weighted by molar-refractivity contribution is 8.00. The van der Waals surface area contributed by atoms with Crippen molar-refractivity contribution < 1.29 is 37.8 Å². The molecule has 3 rings (SSSR count). The Bertz CT molecular complexity index is 947. The third-order valence-corrected chi connectivity index (χ3v) is 5.87. The van der Waals surface area contributed by atoms with Crippen LogP contribution in [0.25, 0.3) is 0 Å². The number of carbonyl (C=O) groups is 4. The van der Waals surface area contributed by atoms with E-state index in [0.717, 1.165) is 9.58 Å². The Kier molecular flexibility index (Phi) is 6.10. The van der Waals surface area contributed by atoms with Crippen LogP contribution in [-0.4, -0.2) is 67.3 Å². The summed E-state index contributed by atoms with van der Waals surface area (Å²) in [4.78, 5) is 48.5. The van der Waals surface area contributed by atoms with Gasteiger partial charge in [0.2, 0.25) is 5.91 Å². The number of nitrogens with zero attached hydrogens (tertiary/aromatic N) is 3. The molecule has 2 unspecified atom stereocenters. The van der Waals surface area contributed by atoms with Crippen molar-refractivity contribution in [3.63, 3.8) is 0 Å². The second-order valence-corrected chi connectivity index (χ2v) is 7.77. The molecule has 2 aliphatic rings. The lowest BCUT2D eigenvalue weighted by molar-refractivity contribution is -0.151. The van der Waals surface area contributed by atoms with E-state index in [4.69, 9.17) is 4.74 Å². The number of amides is 2. The van der Waals surface area contributed by atoms with E-state index in [2.05, 4.69) is 10.4 Å². The van der Waals surface area contributed by atoms with Crippen molar-refractivity contribution in [3.05, 3.63) is 28.7 Å². The van der Waals surface area contributed by atoms with Crippen molar-refractivity contribution >= 4 is 35.5 Å². The molecule has 0 radical (unpaired) electrons. The van der Waals surface area contributed by atoms with Crippen molar-refractivity contribution in [1.29, 1.82) is 0 Å². The molecule has 2 amide bonds. The summed E-state index contributed by atoms with van der Waals surface area (Å²) < 4.78 is 31.4. The van der Waals surface area contributed by atoms with Gasteiger partial charge in [-0.15, -0.1) is 11.8 Å². The van der Waals surface area contributed by atoms with Crippen LogP contribution in [0.3, 0.4) is 0 Å². The molecule has 2 atom stereocenters. The number of aliphatic carboxylic acids is 1. The maximum absolute atomic E-state index is 12.7. The van der Waals surface area contributed by atoms with E-state index in [1.807, 2.05) is 0 Å². The molecule has 13 heteroatoms. The Morgan fingerprint density at radius 3 is 2.70 bits per heavy atom. The Morgan fingerprint density at radius 1 is 1.43 bits per heavy atom. The average Bonchev–Trinajstić information content (AvgIpc) is 3.04. The molecule has 30 heavy (non-hydrogen) atoms. The topological polar surface area (TPSA) is 131 Å². The van der Waals surface area contributed by atoms with Gasteiger partial charge in [0, 0.05) is 23.9 Å². The monoisotopic (exact) mass is 444 g/mol. The number of ether oxygens (including phenoxy) is 1. The van der Waals surface area contributed by atoms with Crippen molar-refractivity contribution in [3.8, 4) is 0 Å². The highest BCUT2D eigenvalue weighted by Gasteiger charge is 2.54. The number of aryl methyl sites for hydroxylation is 1. The highest BCUT2D eigenvalue weighted by Crippen LogP contribution is 2.40. The molecule has 0 aromatic carbocycles. The van der Waals surface area contributed by atoms with Gasteiger partial charge in [0.05, 0.1) is 0 Å². The Morgan fingerprint density at radius 2 is 2.13 bits per heavy atom. The number of nitrogens with one attached hydrogen (secondary N) is 1. The smallest absolute Gasteiger partial charge is 0.352 e. The predicted octanol–water partition coefficient (Wildman–Crippen LogP) is 0.431. The third-order valence-electron chi connectivity index (χ3n) is 4.53. The van der Waals surface area contributed by atoms with Gasteiger partial charge in [0.25, 0.3) is 12.3 Å². The molecule has 0 saturated carbocycles. The highest BCUT2D eigenvalue weighted by atomic mass is 32.2. The molecule has 2 aliphatic heterocycles. The SMILES string of the molecule is CC(=O)OCC1=C(C(=O)O)N2C(=O)C(NC(=O)Cn3nc(C(F)F)cc3C)C2SC1. The first kappa shape index (κ1) is 21.7. The number of aromatic nitrogens is 2. The molecule has 0 aliphatic carbocycles. The van der Waals surface area contributed by atoms with Gasteiger partial charge in [-0.3, -0.25) is 24.0 Å². The minimum Gasteiger partial charge on any atom is -0.477 e. The fourth-order valence-electron chi connectivity index (χ4n) is 3.14. The van der Waals surface area contributed by atoms with E-state index in [1.165, 1.54) is 31.7 Å². The van der Waals surface area contributed by atoms with Gasteiger partial charge in [-0.05, 0) is 13.0 Å². The Balaban J connectivity index is 1.68. The molecule has 10 nitrogen and oxygen atoms in total. The molecule has 1 aromatic rings. The number of carbonyl (C=O) groups excluding carboxylic acids is 3. The van der Waals surface area contributed by atoms with Gasteiger partial charge >= 0.3 is 11.9 Å². The number of halogens is 2. The molecular formula is C17H18F2N4O6S. The zero-order valence-electron chi connectivity index (χ0n) is 15.9. The maximum atomic E-state index is 12.7. The summed E-state index contributed by atoms with van der Waals surface area (Å²) in [5.41, 5.74) is -0.0744. The molecule has 1 saturated heterocycles. The van der Waals surface area contributed by atoms with Crippen molar-refractivity contribution in [2.24, 2.45) is 0 Å². The van der Waals surface area contributed by atoms with Crippen LogP contribution in [0.4, 0.5) is 8.78 Å². The van der Waals surface area contributed by atoms with Gasteiger partial charge in [-0.25, -0.2) is 13.6 Å². The molecule has 0 bridgehead atoms. The van der Waals surface area contributed by atoms with Crippen LogP contribution < -0.4 is 5.32 Å². The molecule has 3 heterocycles. The standard InChI is InChI=1S/C17H18F2N4O6S/c1-7-3-10(14(18)19)21-22(7)4-11(25)20-12-15(26)23-13(17(27)28)9(5-29-8(2)24)6-30-16(12)23/h3,12,14,16H,4-6H2,1-2H3,(H,20,25)(H,27,28). The van der Waals surface area contributed by atoms with Crippen LogP contribution in [0.1, 0.15) is 24.7 Å². The first-order valence-corrected chi connectivity index (χ1v) is 9.80. The minimum atomic E-state index is -2.77. The number of hydrogen-bond acceptors (Lipinski definition) is 7. The number of carboxylic acids is 1. The molecule has 162 valence electrons. The number of alkyl halides is 2. The van der Waals surface area contributed by atoms with Crippen LogP contribution in [0.2, 0.25) is 0 Å². The van der Waals surface area contributed by atoms with E-state index >= 15 is 0 Å². The summed E-state index contributed by atoms with van der Waals surface area (Å²) in [6, 6.07) is 0.206. The minimum absolute atomic E-state index is 0.200. The van der Waals surface area contributed by atoms with Crippen molar-refractivity contribution in [2.75, 3.05) is 12.4 Å². The quantitative estimate of drug-likeness (QED) is 0.457. The second kappa shape index (κ2) is 8.42. The largest absolute Gasteiger partial charge is 0.477 e. The van der Waals surface area contributed by atoms with Gasteiger partial charge < -0.3 is 15.2 Å². The number of hydrogen-bond donors (Lipinski definition) is 2. The summed E-state index contributed by atoms with van der Waals surface area (Å²) in [6.45, 7) is 2.10. The predicted molar refractivity (Wildman–Crippen MR) is 98.2 cm³/mol. The van der Waals surface area contributed by atoms with Gasteiger partial charge in [-0.2, -0.15) is 5.10 Å². The summed E-state index contributed by atoms with van der Waals surface area (Å²) in [5, 5.41) is 15.0. The number of thioether (sulfide) groups is 1. The van der Waals surface area contributed by atoms with E-state index in [1.54, 1.807) is 0 Å². The number of carboxylic acid groups (broad SMARTS) is 1. The van der Waals surface area contributed by atoms with Gasteiger partial charge in [-0.1, -0.05) is 0 Å². The first-order chi connectivity index (χ1) is 14.1. The first-order valence-electron chi connectivity index (χ1n) is 8.75. The van der Waals surface area contributed by atoms with Crippen LogP contribution in [-0.2, 0) is 30.5 Å². The van der Waals surface area contributed by atoms with Gasteiger partial charge in [0.1, 0.15) is 36.0 Å². The number of fused-ring (bicyclic) bond motifs is 1. The molecule has 1 aromatic heterocycles. The summed E-state index contributed by atoms with van der Waals surface area (Å²) in [7, 11) is 0. The molecule has 2 N–H and O–H groups in total. The summed E-state index contributed by atoms with van der Waals surface area (Å²) >= 11 is 1.22. The van der Waals surface area contributed by atoms with E-state index < -0.39 is 47.3 Å². The normalized spacial score (nSPS) is 20.7. The number of rotatable bonds is 7. The second-order valence-electron chi connectivity index (χ2n) is 6.66. The van der Waals surface area contributed by atoms with E-state index in [0.29, 0.717) is 5.69 Å². The lowest BCUT2D eigenvalue weighted by Gasteiger charge is -2.49. The summed E-state index contributed by atoms with van der Waals surface area (Å²) in [5.74, 6) is -2.96. The fourth-order valence-corrected chi connectivity index (χ4v) is 4.47. The molecule has 0 spiro atoms. The van der Waals surface area contributed by atoms with Crippen molar-refractivity contribution in [2.45, 2.75) is 38.2 Å². The third kappa shape index (κ3) is 4.15. The molecular weight excluding hydrogens is 426 g/mol. The zero-order chi connectivity index (χ0) is 22.2. The fraction of sp³-hybridized carbons (Fsp3) is 0.471. The van der Waals surface area contributed by atoms with E-state index in [9.17, 15) is 33.1 Å². The van der Waals surface area contributed by atoms with Crippen molar-refractivity contribution in [1.82, 2.24) is 20.0 Å². The lowest BCUT2D eigenvalue weighted by atomic mass is 10.0. The maximum Gasteiger partial charge on any atom is 0.352 e. The van der Waals surface area contributed by atoms with Gasteiger partial charge in [0.15, 0.2) is 0 Å². The Labute approximate surface area is 173 Å². The van der Waals surface area contributed by atoms with Crippen LogP contribution in [0.5, 0.6) is 0 Å². The zero-order valence-corrected chi connectivity index (χ0v) is 16.7. The molecule has 1 fully saturated rings. The van der Waals surface area contributed by atoms with Crippen LogP contribution in [0.15, 0.2) is 17.3 Å². The number of β-lactam (4-membered cyclic amide) rings is 1. The number of esters is 1. The van der Waals surface area contributed by atoms with Crippen LogP contribution in [0, 0.1) is 6.92 Å². The van der Waals surface area contributed by atoms with Crippen LogP contribution >= 0.6 is 11.8 Å². The average molecular weight is 444 g/mol. The lowest BCUT2D eigenvalue weighted by Crippen LogP contribution is -2.70.